The summed E-state index contributed by atoms with van der Waals surface area (Å²) in [4.78, 5) is 12.3. The van der Waals surface area contributed by atoms with Gasteiger partial charge in [0.25, 0.3) is 5.91 Å². The summed E-state index contributed by atoms with van der Waals surface area (Å²) in [6.45, 7) is 4.09. The van der Waals surface area contributed by atoms with Gasteiger partial charge in [-0.3, -0.25) is 9.48 Å². The van der Waals surface area contributed by atoms with Crippen LogP contribution >= 0.6 is 0 Å². The molecule has 0 aliphatic carbocycles. The molecule has 21 heavy (non-hydrogen) atoms. The molecule has 7 heteroatoms. The predicted octanol–water partition coefficient (Wildman–Crippen LogP) is 2.07. The Balaban J connectivity index is 1.85. The highest BCUT2D eigenvalue weighted by molar-refractivity contribution is 6.03. The van der Waals surface area contributed by atoms with Crippen molar-refractivity contribution in [2.75, 3.05) is 5.32 Å². The van der Waals surface area contributed by atoms with Gasteiger partial charge in [0.1, 0.15) is 16.7 Å². The van der Waals surface area contributed by atoms with Gasteiger partial charge in [-0.25, -0.2) is 0 Å². The molecule has 0 aliphatic heterocycles. The van der Waals surface area contributed by atoms with Crippen LogP contribution in [0.5, 0.6) is 0 Å². The second-order valence-electron chi connectivity index (χ2n) is 5.21. The fourth-order valence-electron chi connectivity index (χ4n) is 2.10. The van der Waals surface area contributed by atoms with Crippen LogP contribution in [0, 0.1) is 0 Å². The SMILES string of the molecule is CC(C)c1cc(C(=O)Nc2ccc3n[nH]nc3c2)n(C)n1. The second kappa shape index (κ2) is 5.01. The van der Waals surface area contributed by atoms with E-state index in [1.54, 1.807) is 29.9 Å². The van der Waals surface area contributed by atoms with E-state index in [9.17, 15) is 4.79 Å². The van der Waals surface area contributed by atoms with Crippen LogP contribution < -0.4 is 5.32 Å². The first-order valence-corrected chi connectivity index (χ1v) is 6.70. The van der Waals surface area contributed by atoms with Crippen molar-refractivity contribution < 1.29 is 4.79 Å². The average Bonchev–Trinajstić information content (AvgIpc) is 3.04. The highest BCUT2D eigenvalue weighted by Crippen LogP contribution is 2.17. The lowest BCUT2D eigenvalue weighted by Gasteiger charge is -2.04. The summed E-state index contributed by atoms with van der Waals surface area (Å²) in [6, 6.07) is 7.19. The van der Waals surface area contributed by atoms with Crippen LogP contribution in [0.1, 0.15) is 35.9 Å². The smallest absolute Gasteiger partial charge is 0.273 e. The molecular formula is C14H16N6O. The quantitative estimate of drug-likeness (QED) is 0.770. The Morgan fingerprint density at radius 1 is 1.24 bits per heavy atom. The normalized spacial score (nSPS) is 11.2. The van der Waals surface area contributed by atoms with Crippen molar-refractivity contribution in [2.45, 2.75) is 19.8 Å². The number of rotatable bonds is 3. The van der Waals surface area contributed by atoms with Gasteiger partial charge in [0.15, 0.2) is 0 Å². The number of H-pyrrole nitrogens is 1. The Morgan fingerprint density at radius 2 is 2.00 bits per heavy atom. The van der Waals surface area contributed by atoms with Crippen molar-refractivity contribution in [1.82, 2.24) is 25.2 Å². The van der Waals surface area contributed by atoms with Crippen molar-refractivity contribution in [2.24, 2.45) is 7.05 Å². The maximum Gasteiger partial charge on any atom is 0.273 e. The summed E-state index contributed by atoms with van der Waals surface area (Å²) in [7, 11) is 1.77. The molecule has 2 aromatic heterocycles. The molecule has 0 bridgehead atoms. The van der Waals surface area contributed by atoms with Gasteiger partial charge in [-0.1, -0.05) is 13.8 Å². The van der Waals surface area contributed by atoms with Crippen LogP contribution in [-0.2, 0) is 7.05 Å². The van der Waals surface area contributed by atoms with Gasteiger partial charge in [-0.15, -0.1) is 0 Å². The van der Waals surface area contributed by atoms with Gasteiger partial charge in [0, 0.05) is 12.7 Å². The maximum atomic E-state index is 12.3. The number of nitrogens with zero attached hydrogens (tertiary/aromatic N) is 4. The fourth-order valence-corrected chi connectivity index (χ4v) is 2.10. The largest absolute Gasteiger partial charge is 0.321 e. The number of fused-ring (bicyclic) bond motifs is 1. The van der Waals surface area contributed by atoms with Gasteiger partial charge in [0.2, 0.25) is 0 Å². The van der Waals surface area contributed by atoms with Crippen LogP contribution in [0.15, 0.2) is 24.3 Å². The number of carbonyl (C=O) groups excluding carboxylic acids is 1. The van der Waals surface area contributed by atoms with E-state index in [-0.39, 0.29) is 11.8 Å². The summed E-state index contributed by atoms with van der Waals surface area (Å²) < 4.78 is 1.60. The van der Waals surface area contributed by atoms with E-state index >= 15 is 0 Å². The number of hydrogen-bond donors (Lipinski definition) is 2. The first kappa shape index (κ1) is 13.3. The molecule has 0 spiro atoms. The molecule has 7 nitrogen and oxygen atoms in total. The van der Waals surface area contributed by atoms with Crippen LogP contribution in [0.3, 0.4) is 0 Å². The zero-order valence-electron chi connectivity index (χ0n) is 12.1. The van der Waals surface area contributed by atoms with Gasteiger partial charge in [-0.2, -0.15) is 20.5 Å². The molecule has 0 saturated carbocycles. The number of benzene rings is 1. The molecule has 108 valence electrons. The van der Waals surface area contributed by atoms with Crippen molar-refractivity contribution in [1.29, 1.82) is 0 Å². The first-order valence-electron chi connectivity index (χ1n) is 6.70. The van der Waals surface area contributed by atoms with Crippen LogP contribution in [0.2, 0.25) is 0 Å². The van der Waals surface area contributed by atoms with Gasteiger partial charge in [-0.05, 0) is 30.2 Å². The molecule has 3 rings (SSSR count). The predicted molar refractivity (Wildman–Crippen MR) is 79.1 cm³/mol. The Labute approximate surface area is 121 Å². The average molecular weight is 284 g/mol. The standard InChI is InChI=1S/C14H16N6O/c1-8(2)11-7-13(20(3)18-11)14(21)15-9-4-5-10-12(6-9)17-19-16-10/h4-8H,1-3H3,(H,15,21)(H,16,17,19). The Morgan fingerprint density at radius 3 is 2.71 bits per heavy atom. The minimum atomic E-state index is -0.195. The van der Waals surface area contributed by atoms with Crippen LogP contribution in [-0.4, -0.2) is 31.1 Å². The highest BCUT2D eigenvalue weighted by Gasteiger charge is 2.15. The summed E-state index contributed by atoms with van der Waals surface area (Å²) in [5, 5.41) is 17.7. The first-order chi connectivity index (χ1) is 10.0. The number of amides is 1. The molecular weight excluding hydrogens is 268 g/mol. The minimum absolute atomic E-state index is 0.195. The molecule has 1 aromatic carbocycles. The van der Waals surface area contributed by atoms with E-state index in [2.05, 4.69) is 25.8 Å². The lowest BCUT2D eigenvalue weighted by atomic mass is 10.1. The number of anilines is 1. The fraction of sp³-hybridized carbons (Fsp3) is 0.286. The third-order valence-electron chi connectivity index (χ3n) is 3.30. The molecule has 0 fully saturated rings. The topological polar surface area (TPSA) is 88.5 Å². The molecule has 0 unspecified atom stereocenters. The van der Waals surface area contributed by atoms with Crippen molar-refractivity contribution >= 4 is 22.6 Å². The summed E-state index contributed by atoms with van der Waals surface area (Å²) >= 11 is 0. The maximum absolute atomic E-state index is 12.3. The molecule has 0 radical (unpaired) electrons. The molecule has 0 aliphatic rings. The van der Waals surface area contributed by atoms with E-state index < -0.39 is 0 Å². The van der Waals surface area contributed by atoms with Crippen LogP contribution in [0.25, 0.3) is 11.0 Å². The Kier molecular flexibility index (Phi) is 3.17. The zero-order chi connectivity index (χ0) is 15.0. The van der Waals surface area contributed by atoms with E-state index in [0.717, 1.165) is 11.2 Å². The minimum Gasteiger partial charge on any atom is -0.321 e. The number of aryl methyl sites for hydroxylation is 1. The zero-order valence-corrected chi connectivity index (χ0v) is 12.1. The number of nitrogens with one attached hydrogen (secondary N) is 2. The highest BCUT2D eigenvalue weighted by atomic mass is 16.2. The van der Waals surface area contributed by atoms with Crippen molar-refractivity contribution in [3.8, 4) is 0 Å². The second-order valence-corrected chi connectivity index (χ2v) is 5.21. The Bertz CT molecular complexity index is 801. The number of aromatic nitrogens is 5. The molecule has 2 heterocycles. The number of hydrogen-bond acceptors (Lipinski definition) is 4. The Hall–Kier alpha value is -2.70. The third-order valence-corrected chi connectivity index (χ3v) is 3.30. The molecule has 2 N–H and O–H groups in total. The number of carbonyl (C=O) groups is 1. The summed E-state index contributed by atoms with van der Waals surface area (Å²) in [5.74, 6) is 0.0870. The lowest BCUT2D eigenvalue weighted by Crippen LogP contribution is -2.15. The summed E-state index contributed by atoms with van der Waals surface area (Å²) in [6.07, 6.45) is 0. The summed E-state index contributed by atoms with van der Waals surface area (Å²) in [5.41, 5.74) is 3.57. The molecule has 0 atom stereocenters. The molecule has 0 saturated heterocycles. The third kappa shape index (κ3) is 2.49. The van der Waals surface area contributed by atoms with Crippen LogP contribution in [0.4, 0.5) is 5.69 Å². The van der Waals surface area contributed by atoms with Crippen molar-refractivity contribution in [3.05, 3.63) is 35.7 Å². The lowest BCUT2D eigenvalue weighted by molar-refractivity contribution is 0.101. The monoisotopic (exact) mass is 284 g/mol. The van der Waals surface area contributed by atoms with E-state index in [0.29, 0.717) is 16.9 Å². The number of aromatic amines is 1. The van der Waals surface area contributed by atoms with E-state index in [1.807, 2.05) is 19.9 Å². The molecule has 3 aromatic rings. The van der Waals surface area contributed by atoms with Gasteiger partial charge < -0.3 is 5.32 Å². The molecule has 1 amide bonds. The van der Waals surface area contributed by atoms with E-state index in [1.165, 1.54) is 0 Å². The van der Waals surface area contributed by atoms with Crippen molar-refractivity contribution in [3.63, 3.8) is 0 Å². The van der Waals surface area contributed by atoms with Gasteiger partial charge >= 0.3 is 0 Å². The van der Waals surface area contributed by atoms with Gasteiger partial charge in [0.05, 0.1) is 5.69 Å². The van der Waals surface area contributed by atoms with E-state index in [4.69, 9.17) is 0 Å².